The average molecular weight is 224 g/mol. The number of hydrogen-bond donors (Lipinski definition) is 1. The third kappa shape index (κ3) is 4.79. The van der Waals surface area contributed by atoms with Gasteiger partial charge in [-0.3, -0.25) is 4.79 Å². The van der Waals surface area contributed by atoms with Crippen molar-refractivity contribution >= 4 is 5.97 Å². The summed E-state index contributed by atoms with van der Waals surface area (Å²) in [6, 6.07) is 7.44. The van der Waals surface area contributed by atoms with E-state index in [2.05, 4.69) is 0 Å². The molecule has 1 N–H and O–H groups in total. The van der Waals surface area contributed by atoms with E-state index in [1.54, 1.807) is 7.11 Å². The van der Waals surface area contributed by atoms with Gasteiger partial charge in [-0.1, -0.05) is 12.1 Å². The van der Waals surface area contributed by atoms with E-state index in [1.165, 1.54) is 0 Å². The standard InChI is InChI=1S/C12H16O4/c1-15-8-9-16-11-5-2-10(3-6-11)4-7-12(13)14/h2-3,5-6H,4,7-9H2,1H3,(H,13,14). The third-order valence-corrected chi connectivity index (χ3v) is 2.11. The van der Waals surface area contributed by atoms with Crippen LogP contribution in [0.4, 0.5) is 0 Å². The van der Waals surface area contributed by atoms with Crippen LogP contribution in [0.5, 0.6) is 5.75 Å². The van der Waals surface area contributed by atoms with Gasteiger partial charge in [-0.05, 0) is 24.1 Å². The van der Waals surface area contributed by atoms with Gasteiger partial charge in [0.15, 0.2) is 0 Å². The molecule has 1 rings (SSSR count). The van der Waals surface area contributed by atoms with Gasteiger partial charge in [-0.2, -0.15) is 0 Å². The largest absolute Gasteiger partial charge is 0.491 e. The highest BCUT2D eigenvalue weighted by molar-refractivity contribution is 5.67. The lowest BCUT2D eigenvalue weighted by atomic mass is 10.1. The van der Waals surface area contributed by atoms with Crippen LogP contribution in [0.3, 0.4) is 0 Å². The molecular weight excluding hydrogens is 208 g/mol. The first-order valence-corrected chi connectivity index (χ1v) is 5.15. The number of aliphatic carboxylic acids is 1. The molecular formula is C12H16O4. The van der Waals surface area contributed by atoms with E-state index in [4.69, 9.17) is 14.6 Å². The highest BCUT2D eigenvalue weighted by Crippen LogP contribution is 2.13. The first-order valence-electron chi connectivity index (χ1n) is 5.15. The molecule has 0 amide bonds. The Hall–Kier alpha value is -1.55. The van der Waals surface area contributed by atoms with Crippen LogP contribution in [0.25, 0.3) is 0 Å². The quantitative estimate of drug-likeness (QED) is 0.716. The van der Waals surface area contributed by atoms with Crippen molar-refractivity contribution < 1.29 is 19.4 Å². The van der Waals surface area contributed by atoms with E-state index in [0.29, 0.717) is 19.6 Å². The summed E-state index contributed by atoms with van der Waals surface area (Å²) in [4.78, 5) is 10.4. The van der Waals surface area contributed by atoms with Crippen LogP contribution >= 0.6 is 0 Å². The van der Waals surface area contributed by atoms with Crippen LogP contribution in [-0.4, -0.2) is 31.4 Å². The second-order valence-corrected chi connectivity index (χ2v) is 3.38. The van der Waals surface area contributed by atoms with E-state index in [-0.39, 0.29) is 6.42 Å². The zero-order valence-corrected chi connectivity index (χ0v) is 9.31. The Morgan fingerprint density at radius 3 is 2.50 bits per heavy atom. The fourth-order valence-electron chi connectivity index (χ4n) is 1.25. The normalized spacial score (nSPS) is 10.1. The molecule has 0 aliphatic heterocycles. The molecule has 0 atom stereocenters. The van der Waals surface area contributed by atoms with Crippen LogP contribution in [-0.2, 0) is 16.0 Å². The van der Waals surface area contributed by atoms with E-state index < -0.39 is 5.97 Å². The summed E-state index contributed by atoms with van der Waals surface area (Å²) < 4.78 is 10.2. The maximum Gasteiger partial charge on any atom is 0.303 e. The molecule has 88 valence electrons. The molecule has 1 aromatic rings. The van der Waals surface area contributed by atoms with Crippen LogP contribution in [0.15, 0.2) is 24.3 Å². The molecule has 16 heavy (non-hydrogen) atoms. The van der Waals surface area contributed by atoms with E-state index in [1.807, 2.05) is 24.3 Å². The summed E-state index contributed by atoms with van der Waals surface area (Å²) in [5, 5.41) is 8.53. The molecule has 0 radical (unpaired) electrons. The average Bonchev–Trinajstić information content (AvgIpc) is 2.28. The minimum absolute atomic E-state index is 0.157. The summed E-state index contributed by atoms with van der Waals surface area (Å²) in [7, 11) is 1.62. The number of carboxylic acid groups (broad SMARTS) is 1. The molecule has 4 heteroatoms. The lowest BCUT2D eigenvalue weighted by Gasteiger charge is -2.06. The first kappa shape index (κ1) is 12.5. The topological polar surface area (TPSA) is 55.8 Å². The zero-order valence-electron chi connectivity index (χ0n) is 9.31. The van der Waals surface area contributed by atoms with Crippen molar-refractivity contribution in [3.8, 4) is 5.75 Å². The van der Waals surface area contributed by atoms with Crippen molar-refractivity contribution in [1.29, 1.82) is 0 Å². The Labute approximate surface area is 94.8 Å². The van der Waals surface area contributed by atoms with Crippen LogP contribution < -0.4 is 4.74 Å². The Kier molecular flexibility index (Phi) is 5.36. The van der Waals surface area contributed by atoms with Gasteiger partial charge in [0.1, 0.15) is 12.4 Å². The number of methoxy groups -OCH3 is 1. The number of rotatable bonds is 7. The Morgan fingerprint density at radius 2 is 1.94 bits per heavy atom. The fraction of sp³-hybridized carbons (Fsp3) is 0.417. The number of carbonyl (C=O) groups is 1. The van der Waals surface area contributed by atoms with E-state index in [9.17, 15) is 4.79 Å². The minimum atomic E-state index is -0.777. The van der Waals surface area contributed by atoms with Crippen molar-refractivity contribution in [2.75, 3.05) is 20.3 Å². The van der Waals surface area contributed by atoms with Gasteiger partial charge in [0.25, 0.3) is 0 Å². The fourth-order valence-corrected chi connectivity index (χ4v) is 1.25. The number of carboxylic acids is 1. The van der Waals surface area contributed by atoms with Crippen LogP contribution in [0.2, 0.25) is 0 Å². The monoisotopic (exact) mass is 224 g/mol. The Morgan fingerprint density at radius 1 is 1.25 bits per heavy atom. The van der Waals surface area contributed by atoms with Gasteiger partial charge >= 0.3 is 5.97 Å². The summed E-state index contributed by atoms with van der Waals surface area (Å²) in [6.45, 7) is 1.08. The number of aryl methyl sites for hydroxylation is 1. The Bertz CT molecular complexity index is 318. The second-order valence-electron chi connectivity index (χ2n) is 3.38. The molecule has 0 aliphatic rings. The highest BCUT2D eigenvalue weighted by atomic mass is 16.5. The zero-order chi connectivity index (χ0) is 11.8. The Balaban J connectivity index is 2.38. The predicted octanol–water partition coefficient (Wildman–Crippen LogP) is 1.73. The molecule has 0 aliphatic carbocycles. The smallest absolute Gasteiger partial charge is 0.303 e. The van der Waals surface area contributed by atoms with Crippen LogP contribution in [0.1, 0.15) is 12.0 Å². The van der Waals surface area contributed by atoms with Gasteiger partial charge < -0.3 is 14.6 Å². The van der Waals surface area contributed by atoms with Crippen molar-refractivity contribution in [3.63, 3.8) is 0 Å². The molecule has 4 nitrogen and oxygen atoms in total. The molecule has 0 aromatic heterocycles. The maximum atomic E-state index is 10.4. The predicted molar refractivity (Wildman–Crippen MR) is 59.8 cm³/mol. The van der Waals surface area contributed by atoms with Gasteiger partial charge in [-0.25, -0.2) is 0 Å². The lowest BCUT2D eigenvalue weighted by molar-refractivity contribution is -0.136. The van der Waals surface area contributed by atoms with Gasteiger partial charge in [0.2, 0.25) is 0 Å². The number of hydrogen-bond acceptors (Lipinski definition) is 3. The van der Waals surface area contributed by atoms with Crippen molar-refractivity contribution in [3.05, 3.63) is 29.8 Å². The first-order chi connectivity index (χ1) is 7.72. The molecule has 0 unspecified atom stereocenters. The maximum absolute atomic E-state index is 10.4. The van der Waals surface area contributed by atoms with Gasteiger partial charge in [0.05, 0.1) is 6.61 Å². The minimum Gasteiger partial charge on any atom is -0.491 e. The van der Waals surface area contributed by atoms with Gasteiger partial charge in [0, 0.05) is 13.5 Å². The number of benzene rings is 1. The summed E-state index contributed by atoms with van der Waals surface area (Å²) in [5.74, 6) is -0.00320. The lowest BCUT2D eigenvalue weighted by Crippen LogP contribution is -2.04. The summed E-state index contributed by atoms with van der Waals surface area (Å²) in [5.41, 5.74) is 1.00. The third-order valence-electron chi connectivity index (χ3n) is 2.11. The van der Waals surface area contributed by atoms with Crippen molar-refractivity contribution in [1.82, 2.24) is 0 Å². The second kappa shape index (κ2) is 6.85. The van der Waals surface area contributed by atoms with E-state index >= 15 is 0 Å². The molecule has 0 heterocycles. The SMILES string of the molecule is COCCOc1ccc(CCC(=O)O)cc1. The van der Waals surface area contributed by atoms with E-state index in [0.717, 1.165) is 11.3 Å². The number of ether oxygens (including phenoxy) is 2. The summed E-state index contributed by atoms with van der Waals surface area (Å²) >= 11 is 0. The van der Waals surface area contributed by atoms with Crippen molar-refractivity contribution in [2.45, 2.75) is 12.8 Å². The molecule has 0 fully saturated rings. The molecule has 0 spiro atoms. The summed E-state index contributed by atoms with van der Waals surface area (Å²) in [6.07, 6.45) is 0.706. The molecule has 0 saturated carbocycles. The van der Waals surface area contributed by atoms with Gasteiger partial charge in [-0.15, -0.1) is 0 Å². The molecule has 0 bridgehead atoms. The molecule has 0 saturated heterocycles. The van der Waals surface area contributed by atoms with Crippen molar-refractivity contribution in [2.24, 2.45) is 0 Å². The highest BCUT2D eigenvalue weighted by Gasteiger charge is 1.99. The van der Waals surface area contributed by atoms with Crippen LogP contribution in [0, 0.1) is 0 Å². The molecule has 1 aromatic carbocycles.